The van der Waals surface area contributed by atoms with Gasteiger partial charge in [0.25, 0.3) is 5.91 Å². The van der Waals surface area contributed by atoms with Crippen molar-refractivity contribution >= 4 is 11.8 Å². The number of nitrogens with zero attached hydrogens (tertiary/aromatic N) is 1. The fourth-order valence-corrected chi connectivity index (χ4v) is 3.47. The first-order valence-corrected chi connectivity index (χ1v) is 9.99. The largest absolute Gasteiger partial charge is 0.483 e. The van der Waals surface area contributed by atoms with Gasteiger partial charge in [-0.25, -0.2) is 5.84 Å². The molecule has 0 spiro atoms. The van der Waals surface area contributed by atoms with Crippen molar-refractivity contribution in [1.29, 1.82) is 0 Å². The molecule has 1 unspecified atom stereocenters. The molecule has 1 heterocycles. The van der Waals surface area contributed by atoms with E-state index in [0.29, 0.717) is 13.1 Å². The highest BCUT2D eigenvalue weighted by atomic mass is 16.5. The van der Waals surface area contributed by atoms with Gasteiger partial charge in [-0.05, 0) is 40.9 Å². The van der Waals surface area contributed by atoms with Crippen molar-refractivity contribution in [1.82, 2.24) is 10.3 Å². The first-order valence-electron chi connectivity index (χ1n) is 9.99. The highest BCUT2D eigenvalue weighted by molar-refractivity contribution is 5.81. The molecule has 28 heavy (non-hydrogen) atoms. The smallest absolute Gasteiger partial charge is 0.260 e. The molecule has 0 saturated carbocycles. The molecule has 1 saturated heterocycles. The summed E-state index contributed by atoms with van der Waals surface area (Å²) in [5.74, 6) is 5.40. The lowest BCUT2D eigenvalue weighted by Gasteiger charge is -2.32. The van der Waals surface area contributed by atoms with E-state index < -0.39 is 0 Å². The maximum absolute atomic E-state index is 12.7. The molecule has 2 rings (SSSR count). The van der Waals surface area contributed by atoms with Crippen LogP contribution in [0.15, 0.2) is 18.2 Å². The van der Waals surface area contributed by atoms with Crippen molar-refractivity contribution in [3.8, 4) is 5.75 Å². The monoisotopic (exact) mass is 389 g/mol. The Hall–Kier alpha value is -2.08. The van der Waals surface area contributed by atoms with Gasteiger partial charge in [0.15, 0.2) is 6.61 Å². The molecule has 1 atom stereocenters. The molecule has 0 bridgehead atoms. The van der Waals surface area contributed by atoms with Crippen LogP contribution in [0, 0.1) is 5.92 Å². The van der Waals surface area contributed by atoms with Crippen molar-refractivity contribution < 1.29 is 14.3 Å². The van der Waals surface area contributed by atoms with Gasteiger partial charge in [-0.1, -0.05) is 53.7 Å². The van der Waals surface area contributed by atoms with Crippen LogP contribution in [0.25, 0.3) is 0 Å². The third-order valence-corrected chi connectivity index (χ3v) is 5.29. The number of piperidine rings is 1. The van der Waals surface area contributed by atoms with Crippen molar-refractivity contribution in [2.24, 2.45) is 11.8 Å². The Morgan fingerprint density at radius 1 is 1.18 bits per heavy atom. The molecule has 6 heteroatoms. The number of ether oxygens (including phenoxy) is 1. The molecule has 1 aromatic carbocycles. The Kier molecular flexibility index (Phi) is 6.75. The Labute approximate surface area is 168 Å². The summed E-state index contributed by atoms with van der Waals surface area (Å²) in [5, 5.41) is 0. The molecular weight excluding hydrogens is 354 g/mol. The van der Waals surface area contributed by atoms with Crippen LogP contribution >= 0.6 is 0 Å². The molecule has 1 aliphatic heterocycles. The molecule has 3 N–H and O–H groups in total. The first kappa shape index (κ1) is 22.2. The van der Waals surface area contributed by atoms with Gasteiger partial charge in [0.2, 0.25) is 5.91 Å². The Morgan fingerprint density at radius 3 is 2.43 bits per heavy atom. The number of rotatable bonds is 4. The Morgan fingerprint density at radius 2 is 1.86 bits per heavy atom. The summed E-state index contributed by atoms with van der Waals surface area (Å²) in [7, 11) is 0. The molecular formula is C22H35N3O3. The minimum Gasteiger partial charge on any atom is -0.483 e. The predicted molar refractivity (Wildman–Crippen MR) is 111 cm³/mol. The van der Waals surface area contributed by atoms with E-state index in [-0.39, 0.29) is 35.2 Å². The number of hydrogen-bond acceptors (Lipinski definition) is 4. The van der Waals surface area contributed by atoms with Gasteiger partial charge in [0.05, 0.1) is 5.92 Å². The van der Waals surface area contributed by atoms with Crippen LogP contribution in [-0.4, -0.2) is 36.4 Å². The van der Waals surface area contributed by atoms with Crippen LogP contribution in [0.5, 0.6) is 5.75 Å². The molecule has 1 fully saturated rings. The fraction of sp³-hybridized carbons (Fsp3) is 0.636. The van der Waals surface area contributed by atoms with E-state index in [1.807, 2.05) is 6.07 Å². The minimum absolute atomic E-state index is 0.0328. The van der Waals surface area contributed by atoms with Gasteiger partial charge in [-0.2, -0.15) is 0 Å². The van der Waals surface area contributed by atoms with E-state index in [1.54, 1.807) is 4.90 Å². The van der Waals surface area contributed by atoms with Gasteiger partial charge in [0.1, 0.15) is 5.75 Å². The van der Waals surface area contributed by atoms with E-state index in [0.717, 1.165) is 24.2 Å². The maximum atomic E-state index is 12.7. The summed E-state index contributed by atoms with van der Waals surface area (Å²) in [6.45, 7) is 14.0. The third kappa shape index (κ3) is 5.47. The zero-order valence-electron chi connectivity index (χ0n) is 18.1. The zero-order chi connectivity index (χ0) is 21.1. The van der Waals surface area contributed by atoms with Crippen molar-refractivity contribution in [2.75, 3.05) is 19.7 Å². The second kappa shape index (κ2) is 8.52. The summed E-state index contributed by atoms with van der Waals surface area (Å²) in [4.78, 5) is 26.1. The fourth-order valence-electron chi connectivity index (χ4n) is 3.47. The van der Waals surface area contributed by atoms with Crippen LogP contribution in [0.2, 0.25) is 0 Å². The number of nitrogens with one attached hydrogen (secondary N) is 1. The molecule has 6 nitrogen and oxygen atoms in total. The normalized spacial score (nSPS) is 18.0. The van der Waals surface area contributed by atoms with E-state index in [9.17, 15) is 9.59 Å². The van der Waals surface area contributed by atoms with E-state index in [1.165, 1.54) is 5.56 Å². The molecule has 0 aromatic heterocycles. The maximum Gasteiger partial charge on any atom is 0.260 e. The number of hydrogen-bond donors (Lipinski definition) is 2. The topological polar surface area (TPSA) is 84.7 Å². The van der Waals surface area contributed by atoms with Gasteiger partial charge < -0.3 is 9.64 Å². The lowest BCUT2D eigenvalue weighted by molar-refractivity contribution is -0.137. The average molecular weight is 390 g/mol. The van der Waals surface area contributed by atoms with Gasteiger partial charge in [0, 0.05) is 13.1 Å². The van der Waals surface area contributed by atoms with Crippen LogP contribution in [0.4, 0.5) is 0 Å². The SMILES string of the molecule is CC(C)(C)c1ccc(OCC(=O)N2CCCC(C(=O)NN)C2)c(C(C)(C)C)c1. The molecule has 156 valence electrons. The van der Waals surface area contributed by atoms with Crippen LogP contribution in [0.1, 0.15) is 65.5 Å². The third-order valence-electron chi connectivity index (χ3n) is 5.29. The zero-order valence-corrected chi connectivity index (χ0v) is 18.1. The summed E-state index contributed by atoms with van der Waals surface area (Å²) in [5.41, 5.74) is 4.45. The first-order chi connectivity index (χ1) is 12.9. The molecule has 1 aliphatic rings. The lowest BCUT2D eigenvalue weighted by Crippen LogP contribution is -2.48. The van der Waals surface area contributed by atoms with Gasteiger partial charge >= 0.3 is 0 Å². The Bertz CT molecular complexity index is 717. The number of likely N-dealkylation sites (tertiary alicyclic amines) is 1. The summed E-state index contributed by atoms with van der Waals surface area (Å²) >= 11 is 0. The number of amides is 2. The second-order valence-corrected chi connectivity index (χ2v) is 9.69. The summed E-state index contributed by atoms with van der Waals surface area (Å²) < 4.78 is 5.95. The molecule has 2 amide bonds. The van der Waals surface area contributed by atoms with Crippen molar-refractivity contribution in [3.63, 3.8) is 0 Å². The lowest BCUT2D eigenvalue weighted by atomic mass is 9.80. The van der Waals surface area contributed by atoms with Crippen molar-refractivity contribution in [2.45, 2.75) is 65.2 Å². The average Bonchev–Trinajstić information content (AvgIpc) is 2.63. The highest BCUT2D eigenvalue weighted by Crippen LogP contribution is 2.35. The number of hydrazine groups is 1. The quantitative estimate of drug-likeness (QED) is 0.471. The van der Waals surface area contributed by atoms with Crippen molar-refractivity contribution in [3.05, 3.63) is 29.3 Å². The van der Waals surface area contributed by atoms with Crippen LogP contribution in [-0.2, 0) is 20.4 Å². The number of benzene rings is 1. The second-order valence-electron chi connectivity index (χ2n) is 9.69. The number of carbonyl (C=O) groups excluding carboxylic acids is 2. The minimum atomic E-state index is -0.251. The number of carbonyl (C=O) groups is 2. The van der Waals surface area contributed by atoms with E-state index in [2.05, 4.69) is 59.1 Å². The van der Waals surface area contributed by atoms with Gasteiger partial charge in [-0.3, -0.25) is 15.0 Å². The summed E-state index contributed by atoms with van der Waals surface area (Å²) in [6.07, 6.45) is 1.54. The summed E-state index contributed by atoms with van der Waals surface area (Å²) in [6, 6.07) is 6.22. The van der Waals surface area contributed by atoms with E-state index in [4.69, 9.17) is 10.6 Å². The highest BCUT2D eigenvalue weighted by Gasteiger charge is 2.29. The molecule has 0 radical (unpaired) electrons. The van der Waals surface area contributed by atoms with Crippen LogP contribution < -0.4 is 16.0 Å². The Balaban J connectivity index is 2.11. The predicted octanol–water partition coefficient (Wildman–Crippen LogP) is 2.89. The molecule has 1 aromatic rings. The molecule has 0 aliphatic carbocycles. The van der Waals surface area contributed by atoms with E-state index >= 15 is 0 Å². The van der Waals surface area contributed by atoms with Gasteiger partial charge in [-0.15, -0.1) is 0 Å². The van der Waals surface area contributed by atoms with Crippen LogP contribution in [0.3, 0.4) is 0 Å². The standard InChI is InChI=1S/C22H35N3O3/c1-21(2,3)16-9-10-18(17(12-16)22(4,5)6)28-14-19(26)25-11-7-8-15(13-25)20(27)24-23/h9-10,12,15H,7-8,11,13-14,23H2,1-6H3,(H,24,27). The number of nitrogens with two attached hydrogens (primary N) is 1.